The normalized spacial score (nSPS) is 11.8. The van der Waals surface area contributed by atoms with Crippen molar-refractivity contribution in [2.75, 3.05) is 12.4 Å². The predicted octanol–water partition coefficient (Wildman–Crippen LogP) is 6.71. The summed E-state index contributed by atoms with van der Waals surface area (Å²) >= 11 is 3.11. The highest BCUT2D eigenvalue weighted by Crippen LogP contribution is 2.43. The van der Waals surface area contributed by atoms with Crippen molar-refractivity contribution in [1.82, 2.24) is 9.29 Å². The van der Waals surface area contributed by atoms with E-state index in [2.05, 4.69) is 5.32 Å². The topological polar surface area (TPSA) is 79.4 Å². The second-order valence-corrected chi connectivity index (χ2v) is 13.0. The Morgan fingerprint density at radius 1 is 0.919 bits per heavy atom. The van der Waals surface area contributed by atoms with Gasteiger partial charge >= 0.3 is 0 Å². The first-order valence-corrected chi connectivity index (χ1v) is 14.7. The molecule has 1 N–H and O–H groups in total. The fraction of sp³-hybridized carbons (Fsp3) is 0.143. The Bertz CT molecular complexity index is 1660. The minimum Gasteiger partial charge on any atom is -0.313 e. The Morgan fingerprint density at radius 3 is 2.30 bits per heavy atom. The van der Waals surface area contributed by atoms with Gasteiger partial charge in [-0.2, -0.15) is 4.31 Å². The number of benzene rings is 3. The zero-order chi connectivity index (χ0) is 26.2. The number of para-hydroxylation sites is 1. The summed E-state index contributed by atoms with van der Waals surface area (Å²) < 4.78 is 28.5. The van der Waals surface area contributed by atoms with Crippen LogP contribution in [0, 0.1) is 13.8 Å². The van der Waals surface area contributed by atoms with E-state index in [0.29, 0.717) is 5.56 Å². The molecule has 1 amide bonds. The molecule has 5 aromatic rings. The van der Waals surface area contributed by atoms with Crippen molar-refractivity contribution in [3.8, 4) is 10.6 Å². The highest BCUT2D eigenvalue weighted by Gasteiger charge is 2.23. The van der Waals surface area contributed by atoms with Gasteiger partial charge in [0, 0.05) is 29.6 Å². The summed E-state index contributed by atoms with van der Waals surface area (Å²) in [6.45, 7) is 4.32. The zero-order valence-corrected chi connectivity index (χ0v) is 23.0. The summed E-state index contributed by atoms with van der Waals surface area (Å²) in [5, 5.41) is 4.63. The predicted molar refractivity (Wildman–Crippen MR) is 152 cm³/mol. The third-order valence-electron chi connectivity index (χ3n) is 6.19. The lowest BCUT2D eigenvalue weighted by molar-refractivity contribution is 0.102. The second-order valence-electron chi connectivity index (χ2n) is 8.70. The van der Waals surface area contributed by atoms with Gasteiger partial charge in [-0.05, 0) is 61.4 Å². The van der Waals surface area contributed by atoms with Crippen molar-refractivity contribution in [3.63, 3.8) is 0 Å². The standard InChI is InChI=1S/C28H25N3O3S3/c1-18-19(2)35-28(25(18)27-29-23-11-7-8-12-24(23)36-27)30-26(32)21-13-15-22(16-14-21)37(33,34)31(3)17-20-9-5-4-6-10-20/h4-16H,17H2,1-3H3,(H,30,32). The van der Waals surface area contributed by atoms with Gasteiger partial charge < -0.3 is 5.32 Å². The molecule has 188 valence electrons. The molecule has 2 heterocycles. The van der Waals surface area contributed by atoms with E-state index in [1.54, 1.807) is 30.5 Å². The summed E-state index contributed by atoms with van der Waals surface area (Å²) in [5.41, 5.74) is 4.22. The average Bonchev–Trinajstić information content (AvgIpc) is 3.44. The monoisotopic (exact) mass is 547 g/mol. The highest BCUT2D eigenvalue weighted by atomic mass is 32.2. The van der Waals surface area contributed by atoms with Crippen LogP contribution in [0.15, 0.2) is 83.8 Å². The van der Waals surface area contributed by atoms with Gasteiger partial charge in [-0.15, -0.1) is 22.7 Å². The fourth-order valence-electron chi connectivity index (χ4n) is 4.01. The first-order chi connectivity index (χ1) is 17.7. The maximum atomic E-state index is 13.1. The lowest BCUT2D eigenvalue weighted by Crippen LogP contribution is -2.26. The van der Waals surface area contributed by atoms with Crippen LogP contribution in [-0.2, 0) is 16.6 Å². The number of carbonyl (C=O) groups excluding carboxylic acids is 1. The Labute approximate surface area is 224 Å². The molecule has 9 heteroatoms. The van der Waals surface area contributed by atoms with Crippen molar-refractivity contribution >= 4 is 53.8 Å². The number of sulfonamides is 1. The van der Waals surface area contributed by atoms with Gasteiger partial charge in [-0.3, -0.25) is 4.79 Å². The molecule has 0 spiro atoms. The van der Waals surface area contributed by atoms with Crippen LogP contribution in [0.3, 0.4) is 0 Å². The van der Waals surface area contributed by atoms with Gasteiger partial charge in [0.15, 0.2) is 0 Å². The Balaban J connectivity index is 1.37. The van der Waals surface area contributed by atoms with E-state index >= 15 is 0 Å². The number of aryl methyl sites for hydroxylation is 1. The number of carbonyl (C=O) groups is 1. The van der Waals surface area contributed by atoms with E-state index in [1.165, 1.54) is 27.8 Å². The third-order valence-corrected chi connectivity index (χ3v) is 10.2. The number of anilines is 1. The molecular weight excluding hydrogens is 523 g/mol. The molecule has 0 fully saturated rings. The van der Waals surface area contributed by atoms with E-state index in [0.717, 1.165) is 41.8 Å². The molecule has 0 aliphatic rings. The molecule has 0 saturated carbocycles. The van der Waals surface area contributed by atoms with Crippen molar-refractivity contribution in [2.45, 2.75) is 25.3 Å². The largest absolute Gasteiger partial charge is 0.313 e. The van der Waals surface area contributed by atoms with Gasteiger partial charge in [0.05, 0.1) is 15.1 Å². The molecule has 6 nitrogen and oxygen atoms in total. The van der Waals surface area contributed by atoms with E-state index in [-0.39, 0.29) is 17.3 Å². The van der Waals surface area contributed by atoms with Crippen LogP contribution in [-0.4, -0.2) is 30.7 Å². The molecule has 5 rings (SSSR count). The van der Waals surface area contributed by atoms with Crippen molar-refractivity contribution in [2.24, 2.45) is 0 Å². The summed E-state index contributed by atoms with van der Waals surface area (Å²) in [6, 6.07) is 23.4. The number of hydrogen-bond donors (Lipinski definition) is 1. The molecular formula is C28H25N3O3S3. The van der Waals surface area contributed by atoms with Crippen LogP contribution in [0.25, 0.3) is 20.8 Å². The molecule has 0 unspecified atom stereocenters. The molecule has 2 aromatic heterocycles. The first kappa shape index (κ1) is 25.3. The summed E-state index contributed by atoms with van der Waals surface area (Å²) in [7, 11) is -2.15. The minimum absolute atomic E-state index is 0.139. The van der Waals surface area contributed by atoms with Gasteiger partial charge in [-0.25, -0.2) is 13.4 Å². The SMILES string of the molecule is Cc1sc(NC(=O)c2ccc(S(=O)(=O)N(C)Cc3ccccc3)cc2)c(-c2nc3ccccc3s2)c1C. The molecule has 0 bridgehead atoms. The molecule has 0 radical (unpaired) electrons. The number of aromatic nitrogens is 1. The number of nitrogens with zero attached hydrogens (tertiary/aromatic N) is 2. The van der Waals surface area contributed by atoms with Gasteiger partial charge in [0.25, 0.3) is 5.91 Å². The van der Waals surface area contributed by atoms with Crippen LogP contribution in [0.4, 0.5) is 5.00 Å². The van der Waals surface area contributed by atoms with E-state index in [1.807, 2.05) is 68.4 Å². The number of amides is 1. The highest BCUT2D eigenvalue weighted by molar-refractivity contribution is 7.89. The average molecular weight is 548 g/mol. The van der Waals surface area contributed by atoms with Crippen molar-refractivity contribution in [1.29, 1.82) is 0 Å². The Hall–Kier alpha value is -3.37. The summed E-state index contributed by atoms with van der Waals surface area (Å²) in [5.74, 6) is -0.301. The number of thiophene rings is 1. The maximum absolute atomic E-state index is 13.1. The number of fused-ring (bicyclic) bond motifs is 1. The number of hydrogen-bond acceptors (Lipinski definition) is 6. The molecule has 0 saturated heterocycles. The van der Waals surface area contributed by atoms with Gasteiger partial charge in [0.1, 0.15) is 10.0 Å². The van der Waals surface area contributed by atoms with Crippen LogP contribution < -0.4 is 5.32 Å². The van der Waals surface area contributed by atoms with Crippen molar-refractivity contribution < 1.29 is 13.2 Å². The molecule has 0 atom stereocenters. The third kappa shape index (κ3) is 5.08. The smallest absolute Gasteiger partial charge is 0.256 e. The van der Waals surface area contributed by atoms with Crippen LogP contribution in [0.1, 0.15) is 26.4 Å². The van der Waals surface area contributed by atoms with Crippen LogP contribution in [0.5, 0.6) is 0 Å². The fourth-order valence-corrected chi connectivity index (χ4v) is 7.37. The van der Waals surface area contributed by atoms with Crippen LogP contribution >= 0.6 is 22.7 Å². The first-order valence-electron chi connectivity index (χ1n) is 11.6. The summed E-state index contributed by atoms with van der Waals surface area (Å²) in [6.07, 6.45) is 0. The molecule has 0 aliphatic heterocycles. The summed E-state index contributed by atoms with van der Waals surface area (Å²) in [4.78, 5) is 19.2. The van der Waals surface area contributed by atoms with Crippen LogP contribution in [0.2, 0.25) is 0 Å². The second kappa shape index (κ2) is 10.2. The number of thiazole rings is 1. The van der Waals surface area contributed by atoms with Crippen molar-refractivity contribution in [3.05, 3.63) is 100 Å². The minimum atomic E-state index is -3.70. The maximum Gasteiger partial charge on any atom is 0.256 e. The number of rotatable bonds is 7. The Morgan fingerprint density at radius 2 is 1.59 bits per heavy atom. The molecule has 37 heavy (non-hydrogen) atoms. The zero-order valence-electron chi connectivity index (χ0n) is 20.6. The van der Waals surface area contributed by atoms with E-state index in [4.69, 9.17) is 4.98 Å². The lowest BCUT2D eigenvalue weighted by atomic mass is 10.1. The number of nitrogens with one attached hydrogen (secondary N) is 1. The lowest BCUT2D eigenvalue weighted by Gasteiger charge is -2.17. The van der Waals surface area contributed by atoms with E-state index in [9.17, 15) is 13.2 Å². The Kier molecular flexibility index (Phi) is 6.96. The van der Waals surface area contributed by atoms with E-state index < -0.39 is 10.0 Å². The molecule has 3 aromatic carbocycles. The van der Waals surface area contributed by atoms with Gasteiger partial charge in [0.2, 0.25) is 10.0 Å². The van der Waals surface area contributed by atoms with Gasteiger partial charge in [-0.1, -0.05) is 42.5 Å². The quantitative estimate of drug-likeness (QED) is 0.245. The molecule has 0 aliphatic carbocycles.